The molecule has 8 heteroatoms. The number of nitrogen functional groups attached to an aromatic ring is 1. The summed E-state index contributed by atoms with van der Waals surface area (Å²) in [5.74, 6) is 2.00. The summed E-state index contributed by atoms with van der Waals surface area (Å²) in [4.78, 5) is 0.0417. The van der Waals surface area contributed by atoms with E-state index in [1.54, 1.807) is 18.8 Å². The van der Waals surface area contributed by atoms with Gasteiger partial charge in [0, 0.05) is 19.3 Å². The van der Waals surface area contributed by atoms with Crippen molar-refractivity contribution in [1.82, 2.24) is 14.5 Å². The number of aryl methyl sites for hydroxylation is 1. The molecule has 1 heterocycles. The number of nitrogens with two attached hydrogens (primary N) is 1. The molecule has 1 atom stereocenters. The molecule has 6 nitrogen and oxygen atoms in total. The SMILES string of the molecule is CCSCCC(C)NS(=O)(=O)c1cn(C)nc1N. The van der Waals surface area contributed by atoms with Crippen molar-refractivity contribution in [1.29, 1.82) is 0 Å². The minimum absolute atomic E-state index is 0.0279. The first kappa shape index (κ1) is 15.3. The van der Waals surface area contributed by atoms with Crippen LogP contribution < -0.4 is 10.5 Å². The Balaban J connectivity index is 2.67. The molecular weight excluding hydrogens is 272 g/mol. The first-order chi connectivity index (χ1) is 8.36. The molecule has 1 unspecified atom stereocenters. The Morgan fingerprint density at radius 2 is 2.28 bits per heavy atom. The fourth-order valence-electron chi connectivity index (χ4n) is 1.48. The standard InChI is InChI=1S/C10H20N4O2S2/c1-4-17-6-5-8(2)13-18(15,16)9-7-14(3)12-10(9)11/h7-8,13H,4-6H2,1-3H3,(H2,11,12). The van der Waals surface area contributed by atoms with Gasteiger partial charge in [-0.3, -0.25) is 4.68 Å². The second-order valence-electron chi connectivity index (χ2n) is 4.06. The highest BCUT2D eigenvalue weighted by Gasteiger charge is 2.22. The van der Waals surface area contributed by atoms with Crippen molar-refractivity contribution in [2.75, 3.05) is 17.2 Å². The molecule has 0 saturated carbocycles. The van der Waals surface area contributed by atoms with Crippen LogP contribution >= 0.6 is 11.8 Å². The number of nitrogens with one attached hydrogen (secondary N) is 1. The molecule has 18 heavy (non-hydrogen) atoms. The van der Waals surface area contributed by atoms with E-state index < -0.39 is 10.0 Å². The topological polar surface area (TPSA) is 90.0 Å². The molecule has 0 radical (unpaired) electrons. The maximum atomic E-state index is 12.1. The van der Waals surface area contributed by atoms with Crippen molar-refractivity contribution in [3.05, 3.63) is 6.20 Å². The number of nitrogens with zero attached hydrogens (tertiary/aromatic N) is 2. The van der Waals surface area contributed by atoms with Crippen LogP contribution in [0.3, 0.4) is 0 Å². The summed E-state index contributed by atoms with van der Waals surface area (Å²) in [6.07, 6.45) is 2.20. The second-order valence-corrected chi connectivity index (χ2v) is 7.14. The Bertz CT molecular complexity index is 484. The van der Waals surface area contributed by atoms with Gasteiger partial charge in [-0.25, -0.2) is 13.1 Å². The van der Waals surface area contributed by atoms with Crippen LogP contribution in [-0.2, 0) is 17.1 Å². The minimum atomic E-state index is -3.57. The molecule has 1 rings (SSSR count). The number of sulfonamides is 1. The van der Waals surface area contributed by atoms with Gasteiger partial charge < -0.3 is 5.73 Å². The zero-order chi connectivity index (χ0) is 13.8. The van der Waals surface area contributed by atoms with E-state index >= 15 is 0 Å². The quantitative estimate of drug-likeness (QED) is 0.726. The fourth-order valence-corrected chi connectivity index (χ4v) is 3.67. The molecule has 0 spiro atoms. The van der Waals surface area contributed by atoms with Crippen molar-refractivity contribution in [2.24, 2.45) is 7.05 Å². The molecule has 0 saturated heterocycles. The Labute approximate surface area is 112 Å². The first-order valence-corrected chi connectivity index (χ1v) is 8.39. The molecule has 104 valence electrons. The van der Waals surface area contributed by atoms with Crippen molar-refractivity contribution in [3.8, 4) is 0 Å². The lowest BCUT2D eigenvalue weighted by atomic mass is 10.3. The largest absolute Gasteiger partial charge is 0.381 e. The predicted octanol–water partition coefficient (Wildman–Crippen LogP) is 0.812. The van der Waals surface area contributed by atoms with Crippen LogP contribution in [-0.4, -0.2) is 35.7 Å². The van der Waals surface area contributed by atoms with Crippen LogP contribution in [0.4, 0.5) is 5.82 Å². The summed E-state index contributed by atoms with van der Waals surface area (Å²) in [5, 5.41) is 3.83. The van der Waals surface area contributed by atoms with E-state index in [0.29, 0.717) is 0 Å². The summed E-state index contributed by atoms with van der Waals surface area (Å²) >= 11 is 1.79. The van der Waals surface area contributed by atoms with E-state index in [2.05, 4.69) is 16.7 Å². The number of rotatable bonds is 7. The van der Waals surface area contributed by atoms with Crippen LogP contribution in [0.1, 0.15) is 20.3 Å². The average molecular weight is 292 g/mol. The van der Waals surface area contributed by atoms with E-state index in [4.69, 9.17) is 5.73 Å². The summed E-state index contributed by atoms with van der Waals surface area (Å²) < 4.78 is 28.1. The third kappa shape index (κ3) is 4.18. The molecule has 0 aliphatic rings. The molecule has 1 aromatic heterocycles. The lowest BCUT2D eigenvalue weighted by Crippen LogP contribution is -2.33. The summed E-state index contributed by atoms with van der Waals surface area (Å²) in [6, 6.07) is -0.117. The maximum Gasteiger partial charge on any atom is 0.246 e. The Morgan fingerprint density at radius 1 is 1.61 bits per heavy atom. The van der Waals surface area contributed by atoms with Gasteiger partial charge in [0.1, 0.15) is 4.90 Å². The summed E-state index contributed by atoms with van der Waals surface area (Å²) in [6.45, 7) is 3.93. The van der Waals surface area contributed by atoms with Gasteiger partial charge in [-0.05, 0) is 24.9 Å². The Morgan fingerprint density at radius 3 is 2.78 bits per heavy atom. The summed E-state index contributed by atoms with van der Waals surface area (Å²) in [7, 11) is -1.94. The zero-order valence-corrected chi connectivity index (χ0v) is 12.5. The van der Waals surface area contributed by atoms with Gasteiger partial charge in [0.25, 0.3) is 0 Å². The van der Waals surface area contributed by atoms with E-state index in [1.807, 2.05) is 6.92 Å². The van der Waals surface area contributed by atoms with Crippen LogP contribution in [0.15, 0.2) is 11.1 Å². The predicted molar refractivity (Wildman–Crippen MR) is 75.0 cm³/mol. The number of aromatic nitrogens is 2. The highest BCUT2D eigenvalue weighted by molar-refractivity contribution is 7.99. The molecule has 0 amide bonds. The van der Waals surface area contributed by atoms with Crippen molar-refractivity contribution < 1.29 is 8.42 Å². The first-order valence-electron chi connectivity index (χ1n) is 5.76. The Kier molecular flexibility index (Phi) is 5.48. The Hall–Kier alpha value is -0.730. The van der Waals surface area contributed by atoms with Gasteiger partial charge in [0.2, 0.25) is 10.0 Å². The summed E-state index contributed by atoms with van der Waals surface area (Å²) in [5.41, 5.74) is 5.57. The van der Waals surface area contributed by atoms with Gasteiger partial charge in [-0.15, -0.1) is 0 Å². The molecule has 0 aliphatic carbocycles. The van der Waals surface area contributed by atoms with Gasteiger partial charge in [0.15, 0.2) is 5.82 Å². The van der Waals surface area contributed by atoms with E-state index in [0.717, 1.165) is 17.9 Å². The molecule has 3 N–H and O–H groups in total. The zero-order valence-electron chi connectivity index (χ0n) is 10.9. The third-order valence-electron chi connectivity index (χ3n) is 2.37. The highest BCUT2D eigenvalue weighted by atomic mass is 32.2. The molecule has 0 fully saturated rings. The average Bonchev–Trinajstić information content (AvgIpc) is 2.58. The number of hydrogen-bond donors (Lipinski definition) is 2. The molecule has 0 aliphatic heterocycles. The fraction of sp³-hybridized carbons (Fsp3) is 0.700. The van der Waals surface area contributed by atoms with Gasteiger partial charge in [-0.2, -0.15) is 16.9 Å². The smallest absolute Gasteiger partial charge is 0.246 e. The van der Waals surface area contributed by atoms with Crippen LogP contribution in [0, 0.1) is 0 Å². The van der Waals surface area contributed by atoms with E-state index in [1.165, 1.54) is 10.9 Å². The number of hydrogen-bond acceptors (Lipinski definition) is 5. The van der Waals surface area contributed by atoms with E-state index in [9.17, 15) is 8.42 Å². The number of anilines is 1. The third-order valence-corrected chi connectivity index (χ3v) is 4.91. The van der Waals surface area contributed by atoms with Crippen LogP contribution in [0.5, 0.6) is 0 Å². The second kappa shape index (κ2) is 6.44. The number of thioether (sulfide) groups is 1. The van der Waals surface area contributed by atoms with Crippen LogP contribution in [0.2, 0.25) is 0 Å². The van der Waals surface area contributed by atoms with E-state index in [-0.39, 0.29) is 16.8 Å². The highest BCUT2D eigenvalue weighted by Crippen LogP contribution is 2.16. The molecule has 1 aromatic rings. The normalized spacial score (nSPS) is 13.7. The molecule has 0 bridgehead atoms. The van der Waals surface area contributed by atoms with Gasteiger partial charge in [-0.1, -0.05) is 6.92 Å². The lowest BCUT2D eigenvalue weighted by Gasteiger charge is -2.13. The van der Waals surface area contributed by atoms with Crippen LogP contribution in [0.25, 0.3) is 0 Å². The molecule has 0 aromatic carbocycles. The lowest BCUT2D eigenvalue weighted by molar-refractivity contribution is 0.557. The monoisotopic (exact) mass is 292 g/mol. The van der Waals surface area contributed by atoms with Gasteiger partial charge in [0.05, 0.1) is 0 Å². The van der Waals surface area contributed by atoms with Crippen molar-refractivity contribution >= 4 is 27.6 Å². The van der Waals surface area contributed by atoms with Gasteiger partial charge >= 0.3 is 0 Å². The van der Waals surface area contributed by atoms with Crippen molar-refractivity contribution in [2.45, 2.75) is 31.2 Å². The minimum Gasteiger partial charge on any atom is -0.381 e. The molecular formula is C10H20N4O2S2. The van der Waals surface area contributed by atoms with Crippen molar-refractivity contribution in [3.63, 3.8) is 0 Å². The maximum absolute atomic E-state index is 12.1.